The summed E-state index contributed by atoms with van der Waals surface area (Å²) in [6, 6.07) is 6.27. The molecule has 3 aromatic carbocycles. The van der Waals surface area contributed by atoms with Crippen LogP contribution in [0.5, 0.6) is 40.2 Å². The van der Waals surface area contributed by atoms with E-state index in [1.54, 1.807) is 0 Å². The van der Waals surface area contributed by atoms with E-state index in [1.807, 2.05) is 0 Å². The average molecular weight is 504 g/mol. The van der Waals surface area contributed by atoms with Crippen molar-refractivity contribution in [1.29, 1.82) is 0 Å². The zero-order valence-electron chi connectivity index (χ0n) is 18.0. The molecule has 1 heterocycles. The number of carboxylic acid groups (broad SMARTS) is 1. The predicted octanol–water partition coefficient (Wildman–Crippen LogP) is 2.48. The lowest BCUT2D eigenvalue weighted by Crippen LogP contribution is -2.26. The molecule has 0 saturated carbocycles. The van der Waals surface area contributed by atoms with Gasteiger partial charge in [0.25, 0.3) is 0 Å². The third-order valence-electron chi connectivity index (χ3n) is 5.81. The van der Waals surface area contributed by atoms with Crippen LogP contribution in [0.1, 0.15) is 39.1 Å². The summed E-state index contributed by atoms with van der Waals surface area (Å²) in [6.45, 7) is 0. The highest BCUT2D eigenvalue weighted by Gasteiger charge is 2.40. The molecule has 12 heteroatoms. The van der Waals surface area contributed by atoms with Crippen molar-refractivity contribution >= 4 is 15.8 Å². The molecule has 0 radical (unpaired) electrons. The number of sulfone groups is 1. The third kappa shape index (κ3) is 4.08. The van der Waals surface area contributed by atoms with E-state index in [0.29, 0.717) is 0 Å². The Labute approximate surface area is 198 Å². The Morgan fingerprint density at radius 3 is 2.11 bits per heavy atom. The highest BCUT2D eigenvalue weighted by Crippen LogP contribution is 2.52. The van der Waals surface area contributed by atoms with Gasteiger partial charge in [-0.05, 0) is 30.7 Å². The Morgan fingerprint density at radius 1 is 0.914 bits per heavy atom. The van der Waals surface area contributed by atoms with E-state index in [0.717, 1.165) is 36.6 Å². The van der Waals surface area contributed by atoms with E-state index in [4.69, 9.17) is 4.74 Å². The molecular formula is C23H20O11S. The lowest BCUT2D eigenvalue weighted by Gasteiger charge is -2.36. The first-order valence-corrected chi connectivity index (χ1v) is 11.9. The molecule has 2 atom stereocenters. The molecular weight excluding hydrogens is 484 g/mol. The summed E-state index contributed by atoms with van der Waals surface area (Å²) >= 11 is 0. The molecule has 0 aliphatic carbocycles. The molecule has 0 saturated heterocycles. The lowest BCUT2D eigenvalue weighted by molar-refractivity contribution is 0.0691. The van der Waals surface area contributed by atoms with Crippen LogP contribution in [-0.4, -0.2) is 56.4 Å². The lowest BCUT2D eigenvalue weighted by atomic mass is 9.79. The monoisotopic (exact) mass is 504 g/mol. The minimum Gasteiger partial charge on any atom is -0.508 e. The number of phenolic OH excluding ortho intramolecular Hbond substituents is 6. The number of carbonyl (C=O) groups is 1. The van der Waals surface area contributed by atoms with Crippen molar-refractivity contribution in [2.45, 2.75) is 23.3 Å². The summed E-state index contributed by atoms with van der Waals surface area (Å²) in [5.41, 5.74) is -0.605. The second-order valence-electron chi connectivity index (χ2n) is 8.15. The van der Waals surface area contributed by atoms with E-state index in [1.165, 1.54) is 6.07 Å². The Morgan fingerprint density at radius 2 is 1.54 bits per heavy atom. The Kier molecular flexibility index (Phi) is 5.56. The van der Waals surface area contributed by atoms with Crippen LogP contribution in [0.3, 0.4) is 0 Å². The first-order valence-electron chi connectivity index (χ1n) is 10.0. The van der Waals surface area contributed by atoms with Gasteiger partial charge in [-0.3, -0.25) is 0 Å². The van der Waals surface area contributed by atoms with Crippen LogP contribution in [0.15, 0.2) is 41.3 Å². The van der Waals surface area contributed by atoms with Crippen molar-refractivity contribution in [3.05, 3.63) is 58.7 Å². The zero-order valence-corrected chi connectivity index (χ0v) is 18.8. The minimum atomic E-state index is -3.99. The molecule has 0 spiro atoms. The van der Waals surface area contributed by atoms with Gasteiger partial charge in [0.05, 0.1) is 5.56 Å². The summed E-state index contributed by atoms with van der Waals surface area (Å²) in [5.74, 6) is -6.49. The molecule has 1 aliphatic heterocycles. The second-order valence-corrected chi connectivity index (χ2v) is 10.1. The maximum absolute atomic E-state index is 12.2. The quantitative estimate of drug-likeness (QED) is 0.257. The summed E-state index contributed by atoms with van der Waals surface area (Å²) in [5, 5.41) is 70.8. The van der Waals surface area contributed by atoms with Crippen LogP contribution in [0, 0.1) is 0 Å². The Hall–Kier alpha value is -4.32. The van der Waals surface area contributed by atoms with Crippen LogP contribution in [0.25, 0.3) is 0 Å². The van der Waals surface area contributed by atoms with Crippen molar-refractivity contribution < 1.29 is 53.7 Å². The third-order valence-corrected chi connectivity index (χ3v) is 6.94. The maximum Gasteiger partial charge on any atom is 0.336 e. The number of fused-ring (bicyclic) bond motifs is 1. The fraction of sp³-hybridized carbons (Fsp3) is 0.174. The van der Waals surface area contributed by atoms with Gasteiger partial charge in [0, 0.05) is 41.0 Å². The van der Waals surface area contributed by atoms with Crippen molar-refractivity contribution in [3.63, 3.8) is 0 Å². The van der Waals surface area contributed by atoms with Crippen molar-refractivity contribution in [3.8, 4) is 40.2 Å². The molecule has 1 aliphatic rings. The van der Waals surface area contributed by atoms with E-state index >= 15 is 0 Å². The van der Waals surface area contributed by atoms with Crippen molar-refractivity contribution in [2.75, 3.05) is 6.26 Å². The first kappa shape index (κ1) is 23.8. The first-order chi connectivity index (χ1) is 16.3. The van der Waals surface area contributed by atoms with Gasteiger partial charge in [0.2, 0.25) is 0 Å². The molecule has 3 aromatic rings. The molecule has 11 nitrogen and oxygen atoms in total. The Balaban J connectivity index is 2.04. The molecule has 1 unspecified atom stereocenters. The van der Waals surface area contributed by atoms with E-state index in [2.05, 4.69) is 0 Å². The van der Waals surface area contributed by atoms with Crippen molar-refractivity contribution in [1.82, 2.24) is 0 Å². The highest BCUT2D eigenvalue weighted by molar-refractivity contribution is 7.90. The number of benzene rings is 3. The van der Waals surface area contributed by atoms with E-state index in [-0.39, 0.29) is 34.6 Å². The van der Waals surface area contributed by atoms with Crippen LogP contribution < -0.4 is 4.74 Å². The number of aromatic carboxylic acids is 1. The maximum atomic E-state index is 12.2. The summed E-state index contributed by atoms with van der Waals surface area (Å²) in [4.78, 5) is 11.5. The summed E-state index contributed by atoms with van der Waals surface area (Å²) in [6.07, 6.45) is -0.642. The normalized spacial score (nSPS) is 17.4. The smallest absolute Gasteiger partial charge is 0.336 e. The highest BCUT2D eigenvalue weighted by atomic mass is 32.2. The molecule has 184 valence electrons. The van der Waals surface area contributed by atoms with Crippen LogP contribution in [-0.2, 0) is 16.3 Å². The van der Waals surface area contributed by atoms with Crippen molar-refractivity contribution in [2.24, 2.45) is 0 Å². The minimum absolute atomic E-state index is 0.00793. The SMILES string of the molecule is CS(=O)(=O)c1ccc(C(=O)O)c(C2Cc3c(O)cc(O)cc3O[C@H]2c2cc(O)c(O)c(O)c2)c1O. The van der Waals surface area contributed by atoms with Gasteiger partial charge < -0.3 is 40.5 Å². The number of carboxylic acids is 1. The predicted molar refractivity (Wildman–Crippen MR) is 119 cm³/mol. The number of phenols is 6. The number of hydrogen-bond acceptors (Lipinski definition) is 10. The van der Waals surface area contributed by atoms with E-state index < -0.39 is 67.0 Å². The second kappa shape index (κ2) is 8.17. The van der Waals surface area contributed by atoms with Crippen LogP contribution >= 0.6 is 0 Å². The van der Waals surface area contributed by atoms with Gasteiger partial charge in [0.15, 0.2) is 27.1 Å². The van der Waals surface area contributed by atoms with Gasteiger partial charge in [-0.15, -0.1) is 0 Å². The molecule has 4 rings (SSSR count). The molecule has 0 bridgehead atoms. The molecule has 0 aromatic heterocycles. The average Bonchev–Trinajstić information content (AvgIpc) is 2.75. The van der Waals surface area contributed by atoms with Gasteiger partial charge in [-0.2, -0.15) is 0 Å². The number of aromatic hydroxyl groups is 6. The topological polar surface area (TPSA) is 202 Å². The summed E-state index contributed by atoms with van der Waals surface area (Å²) in [7, 11) is -3.99. The molecule has 35 heavy (non-hydrogen) atoms. The van der Waals surface area contributed by atoms with E-state index in [9.17, 15) is 49.0 Å². The molecule has 7 N–H and O–H groups in total. The van der Waals surface area contributed by atoms with Gasteiger partial charge in [-0.1, -0.05) is 0 Å². The number of hydrogen-bond donors (Lipinski definition) is 7. The van der Waals surface area contributed by atoms with Crippen LogP contribution in [0.4, 0.5) is 0 Å². The number of ether oxygens (including phenoxy) is 1. The van der Waals surface area contributed by atoms with Crippen LogP contribution in [0.2, 0.25) is 0 Å². The van der Waals surface area contributed by atoms with Gasteiger partial charge in [0.1, 0.15) is 34.0 Å². The molecule has 0 fully saturated rings. The Bertz CT molecular complexity index is 1450. The summed E-state index contributed by atoms with van der Waals surface area (Å²) < 4.78 is 30.4. The van der Waals surface area contributed by atoms with Gasteiger partial charge >= 0.3 is 5.97 Å². The fourth-order valence-electron chi connectivity index (χ4n) is 4.27. The molecule has 0 amide bonds. The zero-order chi connectivity index (χ0) is 25.8. The fourth-order valence-corrected chi connectivity index (χ4v) is 5.04. The number of rotatable bonds is 4. The standard InChI is InChI=1S/C23H20O11S/c1-35(32,33)18-3-2-11(23(30)31)19(21(18)29)13-8-12-14(25)6-10(24)7-17(12)34-22(13)9-4-15(26)20(28)16(27)5-9/h2-7,13,22,24-29H,8H2,1H3,(H,30,31)/t13?,22-/m0/s1. The largest absolute Gasteiger partial charge is 0.508 e. The van der Waals surface area contributed by atoms with Gasteiger partial charge in [-0.25, -0.2) is 13.2 Å².